The highest BCUT2D eigenvalue weighted by Crippen LogP contribution is 2.46. The summed E-state index contributed by atoms with van der Waals surface area (Å²) in [6.45, 7) is 0. The van der Waals surface area contributed by atoms with Gasteiger partial charge in [0.25, 0.3) is 0 Å². The van der Waals surface area contributed by atoms with E-state index in [-0.39, 0.29) is 0 Å². The first-order chi connectivity index (χ1) is 21.8. The summed E-state index contributed by atoms with van der Waals surface area (Å²) in [4.78, 5) is 40.7. The van der Waals surface area contributed by atoms with E-state index in [0.717, 1.165) is 49.3 Å². The third-order valence-corrected chi connectivity index (χ3v) is 8.48. The fourth-order valence-corrected chi connectivity index (χ4v) is 6.42. The van der Waals surface area contributed by atoms with Gasteiger partial charge >= 0.3 is 0 Å². The van der Waals surface area contributed by atoms with Crippen molar-refractivity contribution < 1.29 is 4.52 Å². The van der Waals surface area contributed by atoms with Gasteiger partial charge in [-0.3, -0.25) is 4.98 Å². The second kappa shape index (κ2) is 9.86. The number of pyridine rings is 2. The number of benzene rings is 1. The first kappa shape index (κ1) is 24.7. The van der Waals surface area contributed by atoms with Crippen molar-refractivity contribution >= 4 is 56.0 Å². The molecule has 0 aliphatic heterocycles. The number of fused-ring (bicyclic) bond motifs is 3. The van der Waals surface area contributed by atoms with E-state index in [1.54, 1.807) is 31.2 Å². The van der Waals surface area contributed by atoms with Gasteiger partial charge in [0.2, 0.25) is 0 Å². The van der Waals surface area contributed by atoms with E-state index >= 15 is 0 Å². The second-order valence-corrected chi connectivity index (χ2v) is 11.2. The molecule has 12 nitrogen and oxygen atoms in total. The quantitative estimate of drug-likeness (QED) is 0.228. The molecule has 0 saturated heterocycles. The lowest BCUT2D eigenvalue weighted by Gasteiger charge is -2.18. The van der Waals surface area contributed by atoms with Crippen LogP contribution in [0, 0.1) is 0 Å². The van der Waals surface area contributed by atoms with Crippen molar-refractivity contribution in [3.63, 3.8) is 0 Å². The third kappa shape index (κ3) is 3.96. The van der Waals surface area contributed by atoms with E-state index in [1.807, 2.05) is 53.2 Å². The van der Waals surface area contributed by atoms with Crippen molar-refractivity contribution in [2.75, 3.05) is 0 Å². The minimum Gasteiger partial charge on any atom is -0.364 e. The summed E-state index contributed by atoms with van der Waals surface area (Å²) < 4.78 is 10.1. The lowest BCUT2D eigenvalue weighted by Crippen LogP contribution is -2.03. The maximum Gasteiger partial charge on any atom is 0.199 e. The number of aromatic nitrogens is 11. The maximum atomic E-state index is 5.39. The van der Waals surface area contributed by atoms with Gasteiger partial charge in [0, 0.05) is 51.3 Å². The standard InChI is InChI=1S/C30H15N11OS2/c1-2-17-16(31-7-1)3-4-18(36-17)23-15(30-32-8-11-43-30)12-21-25(24(23)19-5-9-42-40-19)26(20-6-10-44-41-20)38-29(37-21)28-33-13-22-27(39-28)35-14-34-22/h1-14H,(H,33,34,35,39). The zero-order valence-corrected chi connectivity index (χ0v) is 23.9. The van der Waals surface area contributed by atoms with Crippen LogP contribution in [0.2, 0.25) is 0 Å². The highest BCUT2D eigenvalue weighted by molar-refractivity contribution is 7.13. The van der Waals surface area contributed by atoms with Crippen molar-refractivity contribution in [3.05, 3.63) is 84.4 Å². The minimum atomic E-state index is 0.337. The zero-order chi connectivity index (χ0) is 29.0. The first-order valence-corrected chi connectivity index (χ1v) is 15.0. The molecule has 44 heavy (non-hydrogen) atoms. The number of nitrogens with one attached hydrogen (secondary N) is 1. The van der Waals surface area contributed by atoms with Crippen LogP contribution >= 0.6 is 22.9 Å². The molecule has 1 N–H and O–H groups in total. The van der Waals surface area contributed by atoms with Gasteiger partial charge in [0.1, 0.15) is 33.9 Å². The first-order valence-electron chi connectivity index (χ1n) is 13.3. The summed E-state index contributed by atoms with van der Waals surface area (Å²) in [5, 5.41) is 9.78. The molecule has 0 saturated carbocycles. The molecule has 9 rings (SSSR count). The molecule has 0 aliphatic carbocycles. The van der Waals surface area contributed by atoms with E-state index in [2.05, 4.69) is 39.4 Å². The van der Waals surface area contributed by atoms with Gasteiger partial charge in [0.15, 0.2) is 17.3 Å². The number of hydrogen-bond acceptors (Lipinski definition) is 13. The molecule has 0 fully saturated rings. The number of thiazole rings is 1. The van der Waals surface area contributed by atoms with E-state index in [9.17, 15) is 0 Å². The van der Waals surface area contributed by atoms with Crippen LogP contribution < -0.4 is 0 Å². The number of aromatic amines is 1. The molecule has 0 bridgehead atoms. The van der Waals surface area contributed by atoms with Crippen LogP contribution in [0.3, 0.4) is 0 Å². The Bertz CT molecular complexity index is 2460. The molecule has 0 unspecified atom stereocenters. The molecule has 0 amide bonds. The number of nitrogens with zero attached hydrogens (tertiary/aromatic N) is 10. The van der Waals surface area contributed by atoms with Crippen LogP contribution in [-0.2, 0) is 0 Å². The van der Waals surface area contributed by atoms with E-state index in [1.165, 1.54) is 22.9 Å². The van der Waals surface area contributed by atoms with Crippen LogP contribution in [0.4, 0.5) is 0 Å². The summed E-state index contributed by atoms with van der Waals surface area (Å²) in [5.41, 5.74) is 8.42. The molecule has 9 aromatic rings. The summed E-state index contributed by atoms with van der Waals surface area (Å²) in [6.07, 6.45) is 8.33. The largest absolute Gasteiger partial charge is 0.364 e. The Kier molecular flexibility index (Phi) is 5.54. The van der Waals surface area contributed by atoms with Gasteiger partial charge in [-0.05, 0) is 47.9 Å². The lowest BCUT2D eigenvalue weighted by atomic mass is 9.90. The molecule has 208 valence electrons. The van der Waals surface area contributed by atoms with Crippen LogP contribution in [0.25, 0.3) is 89.2 Å². The van der Waals surface area contributed by atoms with Crippen LogP contribution in [0.5, 0.6) is 0 Å². The minimum absolute atomic E-state index is 0.337. The van der Waals surface area contributed by atoms with Gasteiger partial charge in [-0.15, -0.1) is 11.3 Å². The third-order valence-electron chi connectivity index (χ3n) is 7.11. The Morgan fingerprint density at radius 3 is 2.59 bits per heavy atom. The van der Waals surface area contributed by atoms with Gasteiger partial charge in [0.05, 0.1) is 34.8 Å². The lowest BCUT2D eigenvalue weighted by molar-refractivity contribution is 0.422. The second-order valence-electron chi connectivity index (χ2n) is 9.64. The smallest absolute Gasteiger partial charge is 0.199 e. The van der Waals surface area contributed by atoms with E-state index in [0.29, 0.717) is 39.9 Å². The van der Waals surface area contributed by atoms with Gasteiger partial charge in [-0.25, -0.2) is 34.9 Å². The molecule has 8 aromatic heterocycles. The average Bonchev–Trinajstić information content (AvgIpc) is 3.91. The maximum absolute atomic E-state index is 5.39. The molecule has 0 atom stereocenters. The monoisotopic (exact) mass is 609 g/mol. The predicted octanol–water partition coefficient (Wildman–Crippen LogP) is 6.48. The van der Waals surface area contributed by atoms with E-state index in [4.69, 9.17) is 19.5 Å². The summed E-state index contributed by atoms with van der Waals surface area (Å²) in [7, 11) is 0. The number of H-pyrrole nitrogens is 1. The molecule has 8 heterocycles. The van der Waals surface area contributed by atoms with Gasteiger partial charge in [-0.1, -0.05) is 5.16 Å². The number of rotatable bonds is 5. The zero-order valence-electron chi connectivity index (χ0n) is 22.3. The number of imidazole rings is 1. The van der Waals surface area contributed by atoms with Gasteiger partial charge < -0.3 is 9.51 Å². The molecule has 14 heteroatoms. The van der Waals surface area contributed by atoms with Crippen molar-refractivity contribution in [2.45, 2.75) is 0 Å². The highest BCUT2D eigenvalue weighted by Gasteiger charge is 2.27. The molecule has 0 radical (unpaired) electrons. The Morgan fingerprint density at radius 2 is 1.73 bits per heavy atom. The summed E-state index contributed by atoms with van der Waals surface area (Å²) >= 11 is 2.86. The summed E-state index contributed by atoms with van der Waals surface area (Å²) in [5.74, 6) is 0.679. The fourth-order valence-electron chi connectivity index (χ4n) is 5.25. The van der Waals surface area contributed by atoms with Crippen molar-refractivity contribution in [1.82, 2.24) is 54.4 Å². The highest BCUT2D eigenvalue weighted by atomic mass is 32.1. The topological polar surface area (TPSA) is 158 Å². The fraction of sp³-hybridized carbons (Fsp3) is 0. The molecule has 1 aromatic carbocycles. The SMILES string of the molecule is c1cnc2ccc(-c3c(-c4nccs4)cc4nc(-c5ncc6[nH]cnc6n5)nc(-c5ccsn5)c4c3-c3ccon3)nc2c1. The van der Waals surface area contributed by atoms with Crippen molar-refractivity contribution in [3.8, 4) is 56.1 Å². The summed E-state index contributed by atoms with van der Waals surface area (Å²) in [6, 6.07) is 13.5. The predicted molar refractivity (Wildman–Crippen MR) is 166 cm³/mol. The van der Waals surface area contributed by atoms with Crippen molar-refractivity contribution in [2.24, 2.45) is 0 Å². The van der Waals surface area contributed by atoms with Crippen molar-refractivity contribution in [1.29, 1.82) is 0 Å². The molecular weight excluding hydrogens is 595 g/mol. The normalized spacial score (nSPS) is 11.6. The Balaban J connectivity index is 1.44. The number of hydrogen-bond donors (Lipinski definition) is 1. The molecule has 0 aliphatic rings. The van der Waals surface area contributed by atoms with Crippen LogP contribution in [0.15, 0.2) is 88.9 Å². The Morgan fingerprint density at radius 1 is 0.727 bits per heavy atom. The average molecular weight is 610 g/mol. The Hall–Kier alpha value is -5.86. The Labute approximate surface area is 254 Å². The molecular formula is C30H15N11OS2. The van der Waals surface area contributed by atoms with Crippen LogP contribution in [0.1, 0.15) is 0 Å². The van der Waals surface area contributed by atoms with Crippen LogP contribution in [-0.4, -0.2) is 54.4 Å². The molecule has 0 spiro atoms. The van der Waals surface area contributed by atoms with E-state index < -0.39 is 0 Å². The van der Waals surface area contributed by atoms with Gasteiger partial charge in [-0.2, -0.15) is 4.37 Å².